The number of hydrogen-bond donors (Lipinski definition) is 1. The second-order valence-corrected chi connectivity index (χ2v) is 11.6. The highest BCUT2D eigenvalue weighted by atomic mass is 35.5. The van der Waals surface area contributed by atoms with E-state index in [4.69, 9.17) is 16.3 Å². The smallest absolute Gasteiger partial charge is 0.417 e. The molecule has 3 aromatic rings. The molecule has 9 heteroatoms. The van der Waals surface area contributed by atoms with Crippen molar-refractivity contribution in [2.24, 2.45) is 5.41 Å². The Kier molecular flexibility index (Phi) is 9.84. The highest BCUT2D eigenvalue weighted by Crippen LogP contribution is 2.39. The molecule has 4 rings (SSSR count). The van der Waals surface area contributed by atoms with Crippen LogP contribution in [-0.4, -0.2) is 54.1 Å². The molecule has 0 bridgehead atoms. The molecule has 0 saturated carbocycles. The van der Waals surface area contributed by atoms with Gasteiger partial charge in [-0.05, 0) is 105 Å². The zero-order valence-electron chi connectivity index (χ0n) is 21.6. The molecular weight excluding hydrogens is 533 g/mol. The number of thioether (sulfide) groups is 1. The van der Waals surface area contributed by atoms with Gasteiger partial charge in [0, 0.05) is 23.1 Å². The molecule has 2 heterocycles. The molecule has 1 saturated heterocycles. The monoisotopic (exact) mass is 566 g/mol. The quantitative estimate of drug-likeness (QED) is 0.192. The first-order valence-electron chi connectivity index (χ1n) is 13.0. The minimum atomic E-state index is -4.33. The fraction of sp³-hybridized carbons (Fsp3) is 0.483. The van der Waals surface area contributed by atoms with Crippen LogP contribution < -0.4 is 4.74 Å². The number of benzene rings is 2. The van der Waals surface area contributed by atoms with Crippen molar-refractivity contribution < 1.29 is 23.0 Å². The van der Waals surface area contributed by atoms with E-state index in [-0.39, 0.29) is 12.0 Å². The molecule has 38 heavy (non-hydrogen) atoms. The lowest BCUT2D eigenvalue weighted by molar-refractivity contribution is -0.139. The largest absolute Gasteiger partial charge is 0.497 e. The van der Waals surface area contributed by atoms with Crippen LogP contribution in [0.5, 0.6) is 5.75 Å². The third-order valence-electron chi connectivity index (χ3n) is 7.59. The molecule has 0 radical (unpaired) electrons. The molecule has 1 aliphatic rings. The Morgan fingerprint density at radius 3 is 2.61 bits per heavy atom. The van der Waals surface area contributed by atoms with Gasteiger partial charge in [0.1, 0.15) is 5.75 Å². The molecule has 1 aromatic heterocycles. The third kappa shape index (κ3) is 7.14. The Hall–Kier alpha value is -2.00. The van der Waals surface area contributed by atoms with Crippen LogP contribution in [0, 0.1) is 5.41 Å². The van der Waals surface area contributed by atoms with Gasteiger partial charge in [0.15, 0.2) is 0 Å². The Bertz CT molecular complexity index is 1220. The lowest BCUT2D eigenvalue weighted by Crippen LogP contribution is -2.42. The van der Waals surface area contributed by atoms with Crippen LogP contribution in [0.3, 0.4) is 0 Å². The summed E-state index contributed by atoms with van der Waals surface area (Å²) in [5, 5.41) is 11.9. The first-order valence-corrected chi connectivity index (χ1v) is 14.3. The highest BCUT2D eigenvalue weighted by Gasteiger charge is 2.34. The summed E-state index contributed by atoms with van der Waals surface area (Å²) < 4.78 is 45.0. The van der Waals surface area contributed by atoms with Crippen LogP contribution in [0.25, 0.3) is 10.9 Å². The van der Waals surface area contributed by atoms with Crippen molar-refractivity contribution in [3.8, 4) is 5.75 Å². The fourth-order valence-electron chi connectivity index (χ4n) is 5.26. The zero-order valence-corrected chi connectivity index (χ0v) is 23.1. The third-order valence-corrected chi connectivity index (χ3v) is 9.07. The van der Waals surface area contributed by atoms with Gasteiger partial charge in [0.25, 0.3) is 0 Å². The molecule has 0 spiro atoms. The van der Waals surface area contributed by atoms with Crippen LogP contribution >= 0.6 is 23.4 Å². The first-order chi connectivity index (χ1) is 18.2. The van der Waals surface area contributed by atoms with Gasteiger partial charge in [0.05, 0.1) is 23.2 Å². The van der Waals surface area contributed by atoms with E-state index < -0.39 is 11.7 Å². The second-order valence-electron chi connectivity index (χ2n) is 10.0. The zero-order chi connectivity index (χ0) is 27.2. The number of aryl methyl sites for hydroxylation is 1. The Balaban J connectivity index is 1.25. The molecule has 1 fully saturated rings. The van der Waals surface area contributed by atoms with Crippen molar-refractivity contribution in [2.45, 2.75) is 49.6 Å². The number of piperidine rings is 1. The van der Waals surface area contributed by atoms with Gasteiger partial charge in [-0.15, -0.1) is 11.8 Å². The summed E-state index contributed by atoms with van der Waals surface area (Å²) >= 11 is 7.79. The topological polar surface area (TPSA) is 45.6 Å². The van der Waals surface area contributed by atoms with Crippen LogP contribution in [0.1, 0.15) is 43.2 Å². The van der Waals surface area contributed by atoms with Crippen LogP contribution in [0.4, 0.5) is 13.2 Å². The lowest BCUT2D eigenvalue weighted by Gasteiger charge is -2.41. The van der Waals surface area contributed by atoms with E-state index in [1.807, 2.05) is 18.2 Å². The van der Waals surface area contributed by atoms with E-state index in [2.05, 4.69) is 9.88 Å². The van der Waals surface area contributed by atoms with Gasteiger partial charge in [-0.25, -0.2) is 0 Å². The Morgan fingerprint density at radius 2 is 1.89 bits per heavy atom. The maximum Gasteiger partial charge on any atom is 0.417 e. The molecule has 0 atom stereocenters. The van der Waals surface area contributed by atoms with E-state index in [1.165, 1.54) is 17.8 Å². The number of ether oxygens (including phenoxy) is 1. The number of aliphatic hydroxyl groups excluding tert-OH is 1. The summed E-state index contributed by atoms with van der Waals surface area (Å²) in [5.74, 6) is 1.41. The number of nitrogens with zero attached hydrogens (tertiary/aromatic N) is 2. The predicted molar refractivity (Wildman–Crippen MR) is 148 cm³/mol. The summed E-state index contributed by atoms with van der Waals surface area (Å²) in [6.07, 6.45) is 2.63. The van der Waals surface area contributed by atoms with Gasteiger partial charge in [0.2, 0.25) is 0 Å². The number of hydrogen-bond acceptors (Lipinski definition) is 5. The number of pyridine rings is 1. The molecule has 0 aliphatic carbocycles. The highest BCUT2D eigenvalue weighted by molar-refractivity contribution is 7.99. The van der Waals surface area contributed by atoms with Gasteiger partial charge in [-0.1, -0.05) is 23.7 Å². The van der Waals surface area contributed by atoms with E-state index in [9.17, 15) is 18.3 Å². The van der Waals surface area contributed by atoms with Crippen molar-refractivity contribution in [1.82, 2.24) is 9.88 Å². The number of likely N-dealkylation sites (tertiary alicyclic amines) is 1. The van der Waals surface area contributed by atoms with Crippen LogP contribution in [0.2, 0.25) is 5.02 Å². The van der Waals surface area contributed by atoms with Crippen molar-refractivity contribution >= 4 is 34.3 Å². The minimum Gasteiger partial charge on any atom is -0.497 e. The molecule has 2 aromatic carbocycles. The number of rotatable bonds is 11. The summed E-state index contributed by atoms with van der Waals surface area (Å²) in [6, 6.07) is 11.6. The van der Waals surface area contributed by atoms with E-state index in [1.54, 1.807) is 25.4 Å². The van der Waals surface area contributed by atoms with Crippen molar-refractivity contribution in [2.75, 3.05) is 39.1 Å². The number of aliphatic hydroxyl groups is 1. The molecule has 4 nitrogen and oxygen atoms in total. The standard InChI is InChI=1S/C29H34ClF3N2O2S/c1-37-21-9-10-26-23(18-21)22(25(30)19-34-26)6-4-11-28(20-36)12-15-35(16-13-28)14-5-17-38-27-8-3-2-7-24(27)29(31,32)33/h2-3,7-10,18-19,36H,4-6,11-17,20H2,1H3. The molecule has 1 aliphatic heterocycles. The van der Waals surface area contributed by atoms with Crippen molar-refractivity contribution in [1.29, 1.82) is 0 Å². The average Bonchev–Trinajstić information content (AvgIpc) is 2.92. The predicted octanol–water partition coefficient (Wildman–Crippen LogP) is 7.50. The summed E-state index contributed by atoms with van der Waals surface area (Å²) in [4.78, 5) is 7.09. The van der Waals surface area contributed by atoms with Gasteiger partial charge >= 0.3 is 6.18 Å². The first kappa shape index (κ1) is 29.0. The average molecular weight is 567 g/mol. The van der Waals surface area contributed by atoms with Gasteiger partial charge < -0.3 is 14.7 Å². The van der Waals surface area contributed by atoms with Crippen molar-refractivity contribution in [3.05, 3.63) is 64.8 Å². The number of aromatic nitrogens is 1. The molecule has 0 unspecified atom stereocenters. The summed E-state index contributed by atoms with van der Waals surface area (Å²) in [6.45, 7) is 2.79. The number of alkyl halides is 3. The summed E-state index contributed by atoms with van der Waals surface area (Å²) in [5.41, 5.74) is 1.28. The minimum absolute atomic E-state index is 0.107. The molecule has 1 N–H and O–H groups in total. The fourth-order valence-corrected chi connectivity index (χ4v) is 6.51. The van der Waals surface area contributed by atoms with Crippen LogP contribution in [-0.2, 0) is 12.6 Å². The van der Waals surface area contributed by atoms with E-state index in [0.717, 1.165) is 86.4 Å². The number of fused-ring (bicyclic) bond motifs is 1. The number of halogens is 4. The van der Waals surface area contributed by atoms with E-state index in [0.29, 0.717) is 15.7 Å². The second kappa shape index (κ2) is 12.9. The molecule has 0 amide bonds. The van der Waals surface area contributed by atoms with E-state index >= 15 is 0 Å². The van der Waals surface area contributed by atoms with Crippen LogP contribution in [0.15, 0.2) is 53.6 Å². The Labute approximate surface area is 231 Å². The maximum atomic E-state index is 13.2. The maximum absolute atomic E-state index is 13.2. The normalized spacial score (nSPS) is 16.2. The summed E-state index contributed by atoms with van der Waals surface area (Å²) in [7, 11) is 1.64. The lowest BCUT2D eigenvalue weighted by atomic mass is 9.75. The van der Waals surface area contributed by atoms with Crippen molar-refractivity contribution in [3.63, 3.8) is 0 Å². The van der Waals surface area contributed by atoms with Gasteiger partial charge in [-0.2, -0.15) is 13.2 Å². The molecule has 206 valence electrons. The number of methoxy groups -OCH3 is 1. The molecular formula is C29H34ClF3N2O2S. The SMILES string of the molecule is COc1ccc2ncc(Cl)c(CCCC3(CO)CCN(CCCSc4ccccc4C(F)(F)F)CC3)c2c1. The van der Waals surface area contributed by atoms with Gasteiger partial charge in [-0.3, -0.25) is 4.98 Å². The Morgan fingerprint density at radius 1 is 1.13 bits per heavy atom.